The van der Waals surface area contributed by atoms with Gasteiger partial charge in [0.15, 0.2) is 10.8 Å². The topological polar surface area (TPSA) is 59.8 Å². The summed E-state index contributed by atoms with van der Waals surface area (Å²) in [6.07, 6.45) is -4.67. The van der Waals surface area contributed by atoms with Gasteiger partial charge >= 0.3 is 6.18 Å². The molecule has 0 aliphatic rings. The molecule has 3 rings (SSSR count). The first-order chi connectivity index (χ1) is 11.6. The summed E-state index contributed by atoms with van der Waals surface area (Å²) in [4.78, 5) is 16.4. The Morgan fingerprint density at radius 3 is 2.72 bits per heavy atom. The number of hydrogen-bond acceptors (Lipinski definition) is 4. The summed E-state index contributed by atoms with van der Waals surface area (Å²) in [6, 6.07) is 5.68. The number of halogens is 4. The van der Waals surface area contributed by atoms with Gasteiger partial charge in [-0.25, -0.2) is 4.98 Å². The maximum Gasteiger partial charge on any atom is 0.436 e. The quantitative estimate of drug-likeness (QED) is 0.722. The second kappa shape index (κ2) is 6.30. The number of thiazole rings is 1. The zero-order chi connectivity index (χ0) is 18.4. The number of nitrogens with zero attached hydrogens (tertiary/aromatic N) is 3. The van der Waals surface area contributed by atoms with Gasteiger partial charge in [-0.15, -0.1) is 0 Å². The van der Waals surface area contributed by atoms with Crippen molar-refractivity contribution >= 4 is 44.2 Å². The van der Waals surface area contributed by atoms with Gasteiger partial charge in [-0.3, -0.25) is 9.48 Å². The lowest BCUT2D eigenvalue weighted by atomic mass is 10.2. The van der Waals surface area contributed by atoms with Crippen molar-refractivity contribution in [3.8, 4) is 0 Å². The third-order valence-corrected chi connectivity index (χ3v) is 4.87. The summed E-state index contributed by atoms with van der Waals surface area (Å²) < 4.78 is 40.3. The molecule has 0 bridgehead atoms. The minimum atomic E-state index is -4.67. The number of hydrogen-bond donors (Lipinski definition) is 1. The van der Waals surface area contributed by atoms with Gasteiger partial charge in [-0.05, 0) is 31.5 Å². The highest BCUT2D eigenvalue weighted by atomic mass is 35.5. The first-order valence-electron chi connectivity index (χ1n) is 7.12. The third kappa shape index (κ3) is 3.62. The molecule has 1 aromatic carbocycles. The molecule has 0 aliphatic carbocycles. The number of amides is 1. The molecule has 2 heterocycles. The molecule has 1 amide bonds. The molecule has 0 unspecified atom stereocenters. The highest BCUT2D eigenvalue weighted by Gasteiger charge is 2.38. The van der Waals surface area contributed by atoms with Gasteiger partial charge in [0.05, 0.1) is 20.9 Å². The van der Waals surface area contributed by atoms with Crippen LogP contribution in [0.1, 0.15) is 17.0 Å². The highest BCUT2D eigenvalue weighted by Crippen LogP contribution is 2.35. The maximum atomic E-state index is 12.8. The van der Waals surface area contributed by atoms with Gasteiger partial charge in [0.2, 0.25) is 5.91 Å². The molecule has 0 fully saturated rings. The van der Waals surface area contributed by atoms with Crippen LogP contribution in [0.3, 0.4) is 0 Å². The molecular formula is C15H12ClF3N4OS. The molecule has 25 heavy (non-hydrogen) atoms. The Labute approximate surface area is 149 Å². The van der Waals surface area contributed by atoms with Gasteiger partial charge in [0.1, 0.15) is 6.54 Å². The molecule has 132 valence electrons. The number of aryl methyl sites for hydroxylation is 1. The Kier molecular flexibility index (Phi) is 4.46. The molecule has 5 nitrogen and oxygen atoms in total. The smallest absolute Gasteiger partial charge is 0.300 e. The molecule has 10 heteroatoms. The molecule has 0 atom stereocenters. The predicted octanol–water partition coefficient (Wildman–Crippen LogP) is 4.42. The lowest BCUT2D eigenvalue weighted by Gasteiger charge is -2.04. The van der Waals surface area contributed by atoms with E-state index in [1.807, 2.05) is 25.1 Å². The van der Waals surface area contributed by atoms with Crippen LogP contribution in [0, 0.1) is 13.8 Å². The summed E-state index contributed by atoms with van der Waals surface area (Å²) in [5.74, 6) is -0.535. The zero-order valence-electron chi connectivity index (χ0n) is 13.1. The van der Waals surface area contributed by atoms with E-state index in [2.05, 4.69) is 15.4 Å². The molecule has 0 spiro atoms. The van der Waals surface area contributed by atoms with E-state index in [4.69, 9.17) is 11.6 Å². The number of nitrogens with one attached hydrogen (secondary N) is 1. The molecule has 1 N–H and O–H groups in total. The van der Waals surface area contributed by atoms with Gasteiger partial charge in [-0.2, -0.15) is 18.3 Å². The van der Waals surface area contributed by atoms with Crippen molar-refractivity contribution in [3.05, 3.63) is 40.2 Å². The summed E-state index contributed by atoms with van der Waals surface area (Å²) in [5.41, 5.74) is 0.679. The van der Waals surface area contributed by atoms with Crippen LogP contribution in [0.15, 0.2) is 18.2 Å². The third-order valence-electron chi connectivity index (χ3n) is 3.49. The van der Waals surface area contributed by atoms with Gasteiger partial charge < -0.3 is 5.32 Å². The molecule has 3 aromatic rings. The number of rotatable bonds is 3. The van der Waals surface area contributed by atoms with E-state index in [-0.39, 0.29) is 5.69 Å². The first kappa shape index (κ1) is 17.7. The SMILES string of the molecule is Cc1ccc2nc(NC(=O)Cn3nc(C(F)(F)F)c(Cl)c3C)sc2c1. The van der Waals surface area contributed by atoms with E-state index in [0.29, 0.717) is 5.13 Å². The second-order valence-electron chi connectivity index (χ2n) is 5.44. The van der Waals surface area contributed by atoms with Crippen molar-refractivity contribution in [3.63, 3.8) is 0 Å². The minimum absolute atomic E-state index is 0.0732. The van der Waals surface area contributed by atoms with E-state index < -0.39 is 29.3 Å². The number of anilines is 1. The summed E-state index contributed by atoms with van der Waals surface area (Å²) in [6.45, 7) is 2.93. The van der Waals surface area contributed by atoms with Gasteiger partial charge in [0.25, 0.3) is 0 Å². The van der Waals surface area contributed by atoms with Crippen molar-refractivity contribution in [1.82, 2.24) is 14.8 Å². The fourth-order valence-corrected chi connectivity index (χ4v) is 3.46. The average molecular weight is 389 g/mol. The van der Waals surface area contributed by atoms with Crippen LogP contribution in [0.4, 0.5) is 18.3 Å². The molecule has 0 saturated heterocycles. The van der Waals surface area contributed by atoms with Crippen LogP contribution >= 0.6 is 22.9 Å². The number of benzene rings is 1. The van der Waals surface area contributed by atoms with Crippen LogP contribution < -0.4 is 5.32 Å². The van der Waals surface area contributed by atoms with Crippen LogP contribution in [0.2, 0.25) is 5.02 Å². The maximum absolute atomic E-state index is 12.8. The van der Waals surface area contributed by atoms with Gasteiger partial charge in [0, 0.05) is 0 Å². The van der Waals surface area contributed by atoms with E-state index in [1.165, 1.54) is 18.3 Å². The van der Waals surface area contributed by atoms with E-state index in [9.17, 15) is 18.0 Å². The molecular weight excluding hydrogens is 377 g/mol. The standard InChI is InChI=1S/C15H12ClF3N4OS/c1-7-3-4-9-10(5-7)25-14(20-9)21-11(24)6-23-8(2)12(16)13(22-23)15(17,18)19/h3-5H,6H2,1-2H3,(H,20,21,24). The van der Waals surface area contributed by atoms with Crippen molar-refractivity contribution in [1.29, 1.82) is 0 Å². The second-order valence-corrected chi connectivity index (χ2v) is 6.85. The number of aromatic nitrogens is 3. The summed E-state index contributed by atoms with van der Waals surface area (Å²) in [7, 11) is 0. The van der Waals surface area contributed by atoms with Crippen LogP contribution in [0.25, 0.3) is 10.2 Å². The Morgan fingerprint density at radius 1 is 1.36 bits per heavy atom. The Morgan fingerprint density at radius 2 is 2.08 bits per heavy atom. The fourth-order valence-electron chi connectivity index (χ4n) is 2.24. The number of fused-ring (bicyclic) bond motifs is 1. The van der Waals surface area contributed by atoms with Crippen molar-refractivity contribution in [2.75, 3.05) is 5.32 Å². The molecule has 2 aromatic heterocycles. The van der Waals surface area contributed by atoms with Crippen LogP contribution in [-0.4, -0.2) is 20.7 Å². The number of alkyl halides is 3. The first-order valence-corrected chi connectivity index (χ1v) is 8.32. The summed E-state index contributed by atoms with van der Waals surface area (Å²) in [5, 5.41) is 5.84. The molecule has 0 radical (unpaired) electrons. The average Bonchev–Trinajstić information content (AvgIpc) is 3.01. The number of carbonyl (C=O) groups excluding carboxylic acids is 1. The van der Waals surface area contributed by atoms with E-state index in [0.717, 1.165) is 20.5 Å². The predicted molar refractivity (Wildman–Crippen MR) is 90.0 cm³/mol. The molecule has 0 saturated carbocycles. The van der Waals surface area contributed by atoms with Crippen LogP contribution in [0.5, 0.6) is 0 Å². The highest BCUT2D eigenvalue weighted by molar-refractivity contribution is 7.22. The lowest BCUT2D eigenvalue weighted by molar-refractivity contribution is -0.141. The minimum Gasteiger partial charge on any atom is -0.300 e. The van der Waals surface area contributed by atoms with Crippen LogP contribution in [-0.2, 0) is 17.5 Å². The monoisotopic (exact) mass is 388 g/mol. The van der Waals surface area contributed by atoms with Crippen molar-refractivity contribution < 1.29 is 18.0 Å². The normalized spacial score (nSPS) is 11.9. The Hall–Kier alpha value is -2.13. The Balaban J connectivity index is 1.78. The largest absolute Gasteiger partial charge is 0.436 e. The summed E-state index contributed by atoms with van der Waals surface area (Å²) >= 11 is 6.95. The van der Waals surface area contributed by atoms with E-state index >= 15 is 0 Å². The number of carbonyl (C=O) groups is 1. The van der Waals surface area contributed by atoms with Crippen molar-refractivity contribution in [2.24, 2.45) is 0 Å². The van der Waals surface area contributed by atoms with Gasteiger partial charge in [-0.1, -0.05) is 29.0 Å². The lowest BCUT2D eigenvalue weighted by Crippen LogP contribution is -2.20. The van der Waals surface area contributed by atoms with E-state index in [1.54, 1.807) is 0 Å². The Bertz CT molecular complexity index is 964. The zero-order valence-corrected chi connectivity index (χ0v) is 14.7. The fraction of sp³-hybridized carbons (Fsp3) is 0.267. The van der Waals surface area contributed by atoms with Crippen molar-refractivity contribution in [2.45, 2.75) is 26.6 Å². The molecule has 0 aliphatic heterocycles.